The van der Waals surface area contributed by atoms with Crippen molar-refractivity contribution in [1.29, 1.82) is 0 Å². The summed E-state index contributed by atoms with van der Waals surface area (Å²) in [4.78, 5) is 11.0. The zero-order valence-electron chi connectivity index (χ0n) is 11.3. The van der Waals surface area contributed by atoms with Gasteiger partial charge in [-0.25, -0.2) is 9.97 Å². The van der Waals surface area contributed by atoms with Gasteiger partial charge in [-0.1, -0.05) is 0 Å². The van der Waals surface area contributed by atoms with E-state index in [0.29, 0.717) is 0 Å². The van der Waals surface area contributed by atoms with E-state index in [0.717, 1.165) is 16.0 Å². The van der Waals surface area contributed by atoms with Crippen molar-refractivity contribution in [1.82, 2.24) is 9.97 Å². The molecule has 2 aromatic heterocycles. The molecule has 2 rings (SSSR count). The largest absolute Gasteiger partial charge is 0.363 e. The fourth-order valence-corrected chi connectivity index (χ4v) is 2.73. The van der Waals surface area contributed by atoms with Gasteiger partial charge in [-0.05, 0) is 40.2 Å². The molecule has 3 nitrogen and oxygen atoms in total. The first-order valence-electron chi connectivity index (χ1n) is 5.96. The van der Waals surface area contributed by atoms with Gasteiger partial charge in [-0.15, -0.1) is 22.9 Å². The van der Waals surface area contributed by atoms with Crippen molar-refractivity contribution in [3.8, 4) is 0 Å². The molecule has 0 amide bonds. The molecular weight excluding hydrogens is 266 g/mol. The summed E-state index contributed by atoms with van der Waals surface area (Å²) < 4.78 is 0. The zero-order chi connectivity index (χ0) is 13.5. The van der Waals surface area contributed by atoms with Gasteiger partial charge in [0, 0.05) is 10.4 Å². The van der Waals surface area contributed by atoms with Gasteiger partial charge < -0.3 is 5.32 Å². The number of alkyl halides is 1. The van der Waals surface area contributed by atoms with Crippen molar-refractivity contribution in [3.05, 3.63) is 16.8 Å². The van der Waals surface area contributed by atoms with Crippen LogP contribution in [0.25, 0.3) is 10.2 Å². The number of aryl methyl sites for hydroxylation is 2. The number of rotatable bonds is 3. The number of nitrogens with zero attached hydrogens (tertiary/aromatic N) is 2. The van der Waals surface area contributed by atoms with Crippen molar-refractivity contribution in [3.63, 3.8) is 0 Å². The fraction of sp³-hybridized carbons (Fsp3) is 0.538. The minimum absolute atomic E-state index is 0.00236. The minimum Gasteiger partial charge on any atom is -0.363 e. The summed E-state index contributed by atoms with van der Waals surface area (Å²) in [7, 11) is 0. The second kappa shape index (κ2) is 4.67. The highest BCUT2D eigenvalue weighted by atomic mass is 35.5. The molecule has 5 heteroatoms. The Morgan fingerprint density at radius 2 is 2.00 bits per heavy atom. The highest BCUT2D eigenvalue weighted by Gasteiger charge is 2.25. The molecule has 2 aromatic rings. The van der Waals surface area contributed by atoms with Crippen LogP contribution in [0.15, 0.2) is 6.33 Å². The van der Waals surface area contributed by atoms with E-state index in [2.05, 4.69) is 43.0 Å². The monoisotopic (exact) mass is 283 g/mol. The summed E-state index contributed by atoms with van der Waals surface area (Å²) in [6.45, 7) is 10.4. The molecule has 1 atom stereocenters. The maximum absolute atomic E-state index is 6.21. The second-order valence-corrected chi connectivity index (χ2v) is 7.01. The molecule has 0 spiro atoms. The summed E-state index contributed by atoms with van der Waals surface area (Å²) in [5, 5.41) is 4.56. The number of halogens is 1. The van der Waals surface area contributed by atoms with Crippen molar-refractivity contribution in [2.75, 3.05) is 5.32 Å². The average molecular weight is 284 g/mol. The lowest BCUT2D eigenvalue weighted by Gasteiger charge is -2.29. The van der Waals surface area contributed by atoms with Gasteiger partial charge in [0.1, 0.15) is 17.0 Å². The lowest BCUT2D eigenvalue weighted by atomic mass is 10.0. The van der Waals surface area contributed by atoms with Crippen LogP contribution in [0.2, 0.25) is 0 Å². The Morgan fingerprint density at radius 1 is 1.33 bits per heavy atom. The van der Waals surface area contributed by atoms with E-state index in [-0.39, 0.29) is 10.9 Å². The number of hydrogen-bond donors (Lipinski definition) is 1. The van der Waals surface area contributed by atoms with Crippen LogP contribution in [0, 0.1) is 13.8 Å². The molecule has 0 saturated heterocycles. The number of anilines is 1. The summed E-state index contributed by atoms with van der Waals surface area (Å²) in [5.41, 5.74) is 1.03. The van der Waals surface area contributed by atoms with Crippen molar-refractivity contribution < 1.29 is 0 Å². The molecule has 98 valence electrons. The van der Waals surface area contributed by atoms with Gasteiger partial charge in [-0.2, -0.15) is 0 Å². The quantitative estimate of drug-likeness (QED) is 0.861. The molecule has 0 aliphatic carbocycles. The lowest BCUT2D eigenvalue weighted by Crippen LogP contribution is -2.39. The van der Waals surface area contributed by atoms with E-state index in [9.17, 15) is 0 Å². The molecule has 0 fully saturated rings. The molecule has 18 heavy (non-hydrogen) atoms. The first kappa shape index (κ1) is 13.6. The number of nitrogens with one attached hydrogen (secondary N) is 1. The summed E-state index contributed by atoms with van der Waals surface area (Å²) in [5.74, 6) is 0.874. The molecule has 1 unspecified atom stereocenters. The first-order chi connectivity index (χ1) is 8.33. The Morgan fingerprint density at radius 3 is 2.61 bits per heavy atom. The van der Waals surface area contributed by atoms with Crippen LogP contribution < -0.4 is 5.32 Å². The first-order valence-corrected chi connectivity index (χ1v) is 7.21. The van der Waals surface area contributed by atoms with Crippen molar-refractivity contribution >= 4 is 39.0 Å². The normalized spacial score (nSPS) is 13.9. The van der Waals surface area contributed by atoms with E-state index in [1.54, 1.807) is 17.7 Å². The zero-order valence-corrected chi connectivity index (χ0v) is 12.9. The highest BCUT2D eigenvalue weighted by molar-refractivity contribution is 7.18. The van der Waals surface area contributed by atoms with Crippen LogP contribution in [0.4, 0.5) is 5.82 Å². The van der Waals surface area contributed by atoms with E-state index >= 15 is 0 Å². The van der Waals surface area contributed by atoms with Crippen LogP contribution in [0.1, 0.15) is 31.2 Å². The third-order valence-electron chi connectivity index (χ3n) is 3.40. The van der Waals surface area contributed by atoms with Gasteiger partial charge in [-0.3, -0.25) is 0 Å². The predicted octanol–water partition coefficient (Wildman–Crippen LogP) is 4.13. The Bertz CT molecular complexity index is 575. The van der Waals surface area contributed by atoms with Crippen LogP contribution in [-0.4, -0.2) is 20.9 Å². The maximum Gasteiger partial charge on any atom is 0.138 e. The third-order valence-corrected chi connectivity index (χ3v) is 5.06. The van der Waals surface area contributed by atoms with Gasteiger partial charge >= 0.3 is 0 Å². The molecule has 0 saturated carbocycles. The highest BCUT2D eigenvalue weighted by Crippen LogP contribution is 2.34. The third kappa shape index (κ3) is 2.31. The van der Waals surface area contributed by atoms with Gasteiger partial charge in [0.05, 0.1) is 10.8 Å². The Kier molecular flexibility index (Phi) is 3.52. The van der Waals surface area contributed by atoms with E-state index in [1.165, 1.54) is 10.4 Å². The molecule has 0 radical (unpaired) electrons. The molecule has 0 aromatic carbocycles. The summed E-state index contributed by atoms with van der Waals surface area (Å²) in [6, 6.07) is 0. The van der Waals surface area contributed by atoms with Crippen molar-refractivity contribution in [2.45, 2.75) is 45.5 Å². The van der Waals surface area contributed by atoms with Crippen LogP contribution in [0.5, 0.6) is 0 Å². The molecular formula is C13H18ClN3S. The maximum atomic E-state index is 6.21. The van der Waals surface area contributed by atoms with Crippen LogP contribution in [-0.2, 0) is 0 Å². The minimum atomic E-state index is -0.217. The second-order valence-electron chi connectivity index (χ2n) is 5.15. The number of aromatic nitrogens is 2. The smallest absolute Gasteiger partial charge is 0.138 e. The molecule has 1 N–H and O–H groups in total. The summed E-state index contributed by atoms with van der Waals surface area (Å²) >= 11 is 7.92. The number of thiophene rings is 1. The Labute approximate surface area is 117 Å². The van der Waals surface area contributed by atoms with Crippen molar-refractivity contribution in [2.24, 2.45) is 0 Å². The Hall–Kier alpha value is -0.870. The van der Waals surface area contributed by atoms with E-state index < -0.39 is 0 Å². The average Bonchev–Trinajstić information content (AvgIpc) is 2.55. The van der Waals surface area contributed by atoms with E-state index in [4.69, 9.17) is 11.6 Å². The molecule has 0 aliphatic rings. The van der Waals surface area contributed by atoms with Crippen LogP contribution in [0.3, 0.4) is 0 Å². The van der Waals surface area contributed by atoms with Crippen LogP contribution >= 0.6 is 22.9 Å². The summed E-state index contributed by atoms with van der Waals surface area (Å²) in [6.07, 6.45) is 1.61. The SMILES string of the molecule is Cc1sc2ncnc(NC(C)(C)C(C)Cl)c2c1C. The standard InChI is InChI=1S/C13H18ClN3S/c1-7-8(2)18-12-10(7)11(15-6-16-12)17-13(4,5)9(3)14/h6,9H,1-5H3,(H,15,16,17). The molecule has 0 bridgehead atoms. The van der Waals surface area contributed by atoms with Gasteiger partial charge in [0.15, 0.2) is 0 Å². The van der Waals surface area contributed by atoms with Gasteiger partial charge in [0.25, 0.3) is 0 Å². The molecule has 0 aliphatic heterocycles. The van der Waals surface area contributed by atoms with Gasteiger partial charge in [0.2, 0.25) is 0 Å². The topological polar surface area (TPSA) is 37.8 Å². The number of fused-ring (bicyclic) bond motifs is 1. The number of hydrogen-bond acceptors (Lipinski definition) is 4. The molecule has 2 heterocycles. The fourth-order valence-electron chi connectivity index (χ4n) is 1.68. The Balaban J connectivity index is 2.52. The predicted molar refractivity (Wildman–Crippen MR) is 79.9 cm³/mol. The van der Waals surface area contributed by atoms with E-state index in [1.807, 2.05) is 6.92 Å². The lowest BCUT2D eigenvalue weighted by molar-refractivity contribution is 0.553.